The van der Waals surface area contributed by atoms with Crippen molar-refractivity contribution in [1.29, 1.82) is 0 Å². The van der Waals surface area contributed by atoms with E-state index in [1.165, 1.54) is 83.5 Å². The van der Waals surface area contributed by atoms with Crippen LogP contribution in [0.5, 0.6) is 0 Å². The first-order valence-corrected chi connectivity index (χ1v) is 23.2. The second-order valence-electron chi connectivity index (χ2n) is 20.0. The third-order valence-corrected chi connectivity index (χ3v) is 13.4. The normalized spacial score (nSPS) is 19.7. The molecule has 2 aliphatic rings. The molecule has 318 valence electrons. The van der Waals surface area contributed by atoms with E-state index in [2.05, 4.69) is 85.2 Å². The fourth-order valence-electron chi connectivity index (χ4n) is 9.66. The number of carbonyl (C=O) groups is 3. The van der Waals surface area contributed by atoms with Crippen molar-refractivity contribution in [2.45, 2.75) is 223 Å². The number of hydrogen-bond acceptors (Lipinski definition) is 3. The van der Waals surface area contributed by atoms with Gasteiger partial charge in [0.25, 0.3) is 0 Å². The Hall–Kier alpha value is -2.11. The van der Waals surface area contributed by atoms with Gasteiger partial charge >= 0.3 is 0 Å². The molecule has 6 nitrogen and oxygen atoms in total. The Labute approximate surface area is 340 Å². The molecular formula is C49H89N3O3. The highest BCUT2D eigenvalue weighted by Crippen LogP contribution is 2.44. The van der Waals surface area contributed by atoms with Crippen LogP contribution in [0.3, 0.4) is 0 Å². The molecule has 0 aromatic heterocycles. The Morgan fingerprint density at radius 3 is 1.53 bits per heavy atom. The van der Waals surface area contributed by atoms with Gasteiger partial charge in [0.05, 0.1) is 0 Å². The number of carbonyl (C=O) groups excluding carboxylic acids is 3. The van der Waals surface area contributed by atoms with Crippen LogP contribution < -0.4 is 16.0 Å². The average molecular weight is 768 g/mol. The van der Waals surface area contributed by atoms with Crippen LogP contribution in [0.15, 0.2) is 22.3 Å². The van der Waals surface area contributed by atoms with E-state index in [9.17, 15) is 14.4 Å². The van der Waals surface area contributed by atoms with Gasteiger partial charge in [0.1, 0.15) is 6.04 Å². The largest absolute Gasteiger partial charge is 0.356 e. The molecule has 0 heterocycles. The second kappa shape index (κ2) is 25.3. The fourth-order valence-corrected chi connectivity index (χ4v) is 9.66. The molecule has 0 saturated carbocycles. The molecule has 2 aliphatic carbocycles. The number of hydrogen-bond donors (Lipinski definition) is 3. The van der Waals surface area contributed by atoms with E-state index in [0.29, 0.717) is 55.0 Å². The summed E-state index contributed by atoms with van der Waals surface area (Å²) in [7, 11) is 0. The van der Waals surface area contributed by atoms with Gasteiger partial charge in [-0.05, 0) is 138 Å². The van der Waals surface area contributed by atoms with Gasteiger partial charge in [-0.25, -0.2) is 0 Å². The van der Waals surface area contributed by atoms with Crippen molar-refractivity contribution in [3.63, 3.8) is 0 Å². The zero-order valence-electron chi connectivity index (χ0n) is 38.1. The predicted molar refractivity (Wildman–Crippen MR) is 235 cm³/mol. The highest BCUT2D eigenvalue weighted by atomic mass is 16.2. The zero-order valence-corrected chi connectivity index (χ0v) is 38.1. The summed E-state index contributed by atoms with van der Waals surface area (Å²) in [4.78, 5) is 38.8. The van der Waals surface area contributed by atoms with Gasteiger partial charge in [-0.1, -0.05) is 123 Å². The predicted octanol–water partition coefficient (Wildman–Crippen LogP) is 12.6. The van der Waals surface area contributed by atoms with E-state index < -0.39 is 6.04 Å². The lowest BCUT2D eigenvalue weighted by Gasteiger charge is -2.35. The minimum atomic E-state index is -0.527. The minimum absolute atomic E-state index is 0.0310. The summed E-state index contributed by atoms with van der Waals surface area (Å²) in [5.74, 6) is 2.07. The monoisotopic (exact) mass is 768 g/mol. The summed E-state index contributed by atoms with van der Waals surface area (Å²) >= 11 is 0. The van der Waals surface area contributed by atoms with Crippen LogP contribution in [-0.4, -0.2) is 36.9 Å². The van der Waals surface area contributed by atoms with Gasteiger partial charge in [-0.3, -0.25) is 14.4 Å². The van der Waals surface area contributed by atoms with Crippen molar-refractivity contribution < 1.29 is 14.4 Å². The first-order valence-electron chi connectivity index (χ1n) is 23.2. The third-order valence-electron chi connectivity index (χ3n) is 13.4. The number of rotatable bonds is 27. The van der Waals surface area contributed by atoms with Gasteiger partial charge in [-0.15, -0.1) is 0 Å². The Balaban J connectivity index is 1.64. The van der Waals surface area contributed by atoms with E-state index in [4.69, 9.17) is 0 Å². The summed E-state index contributed by atoms with van der Waals surface area (Å²) in [5, 5.41) is 9.15. The van der Waals surface area contributed by atoms with Crippen LogP contribution in [0.4, 0.5) is 0 Å². The molecule has 0 bridgehead atoms. The summed E-state index contributed by atoms with van der Waals surface area (Å²) in [5.41, 5.74) is 7.39. The van der Waals surface area contributed by atoms with Crippen LogP contribution in [-0.2, 0) is 14.4 Å². The summed E-state index contributed by atoms with van der Waals surface area (Å²) in [6.07, 6.45) is 23.7. The van der Waals surface area contributed by atoms with Crippen LogP contribution in [0.1, 0.15) is 217 Å². The second-order valence-corrected chi connectivity index (χ2v) is 20.0. The molecule has 0 aromatic rings. The first kappa shape index (κ1) is 49.0. The minimum Gasteiger partial charge on any atom is -0.356 e. The highest BCUT2D eigenvalue weighted by molar-refractivity contribution is 5.87. The van der Waals surface area contributed by atoms with Crippen LogP contribution in [0.2, 0.25) is 0 Å². The third kappa shape index (κ3) is 19.3. The zero-order chi connectivity index (χ0) is 41.0. The number of unbranched alkanes of at least 4 members (excludes halogenated alkanes) is 1. The SMILES string of the molecule is CCCNC(=O)C(CCCCNC(=O)CC(C)CCCC(C)CCC1=C(C)CCCC1(C)C)NC(=O)CC(C)CCCC(C)CCC1=C(C)CCCC1(C)C. The van der Waals surface area contributed by atoms with Gasteiger partial charge in [-0.2, -0.15) is 0 Å². The molecule has 55 heavy (non-hydrogen) atoms. The van der Waals surface area contributed by atoms with Crippen molar-refractivity contribution >= 4 is 17.7 Å². The lowest BCUT2D eigenvalue weighted by molar-refractivity contribution is -0.129. The van der Waals surface area contributed by atoms with E-state index in [1.54, 1.807) is 22.3 Å². The molecule has 0 saturated heterocycles. The number of allylic oxidation sites excluding steroid dienone is 4. The Bertz CT molecular complexity index is 1230. The summed E-state index contributed by atoms with van der Waals surface area (Å²) < 4.78 is 0. The summed E-state index contributed by atoms with van der Waals surface area (Å²) in [6.45, 7) is 26.8. The Morgan fingerprint density at radius 1 is 0.582 bits per heavy atom. The van der Waals surface area contributed by atoms with Gasteiger partial charge in [0.15, 0.2) is 0 Å². The lowest BCUT2D eigenvalue weighted by Crippen LogP contribution is -2.47. The van der Waals surface area contributed by atoms with E-state index in [-0.39, 0.29) is 23.6 Å². The smallest absolute Gasteiger partial charge is 0.242 e. The van der Waals surface area contributed by atoms with Crippen molar-refractivity contribution in [2.24, 2.45) is 34.5 Å². The molecule has 5 atom stereocenters. The molecule has 0 aromatic carbocycles. The topological polar surface area (TPSA) is 87.3 Å². The Kier molecular flexibility index (Phi) is 22.6. The van der Waals surface area contributed by atoms with E-state index in [0.717, 1.165) is 44.4 Å². The molecule has 0 spiro atoms. The van der Waals surface area contributed by atoms with Gasteiger partial charge in [0, 0.05) is 25.9 Å². The molecule has 0 fully saturated rings. The molecule has 5 unspecified atom stereocenters. The molecular weight excluding hydrogens is 679 g/mol. The molecule has 0 radical (unpaired) electrons. The maximum atomic E-state index is 13.1. The Morgan fingerprint density at radius 2 is 1.05 bits per heavy atom. The van der Waals surface area contributed by atoms with Crippen LogP contribution in [0, 0.1) is 34.5 Å². The standard InChI is InChI=1S/C49H89N3O3/c1-12-32-51-47(55)44(52-46(54)35-39(5)22-16-20-37(3)27-29-43-41(7)24-18-31-49(43,10)11)25-13-14-33-50-45(53)34-38(4)21-15-19-36(2)26-28-42-40(6)23-17-30-48(42,8)9/h36-39,44H,12-35H2,1-11H3,(H,50,53)(H,51,55)(H,52,54). The quantitative estimate of drug-likeness (QED) is 0.0574. The average Bonchev–Trinajstić information content (AvgIpc) is 3.08. The first-order chi connectivity index (χ1) is 25.9. The van der Waals surface area contributed by atoms with Gasteiger partial charge in [0.2, 0.25) is 17.7 Å². The van der Waals surface area contributed by atoms with Crippen LogP contribution >= 0.6 is 0 Å². The number of nitrogens with one attached hydrogen (secondary N) is 3. The van der Waals surface area contributed by atoms with Gasteiger partial charge < -0.3 is 16.0 Å². The molecule has 0 aliphatic heterocycles. The summed E-state index contributed by atoms with van der Waals surface area (Å²) in [6, 6.07) is -0.527. The van der Waals surface area contributed by atoms with E-state index in [1.807, 2.05) is 6.92 Å². The van der Waals surface area contributed by atoms with E-state index >= 15 is 0 Å². The molecule has 2 rings (SSSR count). The lowest BCUT2D eigenvalue weighted by atomic mass is 9.70. The van der Waals surface area contributed by atoms with Crippen molar-refractivity contribution in [3.05, 3.63) is 22.3 Å². The number of amides is 3. The van der Waals surface area contributed by atoms with Crippen molar-refractivity contribution in [2.75, 3.05) is 13.1 Å². The fraction of sp³-hybridized carbons (Fsp3) is 0.857. The molecule has 3 amide bonds. The molecule has 3 N–H and O–H groups in total. The van der Waals surface area contributed by atoms with Crippen molar-refractivity contribution in [3.8, 4) is 0 Å². The van der Waals surface area contributed by atoms with Crippen LogP contribution in [0.25, 0.3) is 0 Å². The van der Waals surface area contributed by atoms with Crippen molar-refractivity contribution in [1.82, 2.24) is 16.0 Å². The maximum Gasteiger partial charge on any atom is 0.242 e. The maximum absolute atomic E-state index is 13.1. The highest BCUT2D eigenvalue weighted by Gasteiger charge is 2.29. The molecule has 6 heteroatoms.